The smallest absolute Gasteiger partial charge is 0.0770 e. The molecule has 1 N–H and O–H groups in total. The van der Waals surface area contributed by atoms with Crippen LogP contribution in [0.25, 0.3) is 0 Å². The van der Waals surface area contributed by atoms with Crippen molar-refractivity contribution in [3.63, 3.8) is 0 Å². The van der Waals surface area contributed by atoms with Gasteiger partial charge in [-0.3, -0.25) is 0 Å². The van der Waals surface area contributed by atoms with Gasteiger partial charge in [-0.25, -0.2) is 4.68 Å². The van der Waals surface area contributed by atoms with E-state index in [1.165, 1.54) is 24.3 Å². The largest absolute Gasteiger partial charge is 0.307 e. The molecule has 1 aliphatic rings. The Balaban J connectivity index is 2.24. The highest BCUT2D eigenvalue weighted by atomic mass is 32.2. The van der Waals surface area contributed by atoms with E-state index in [9.17, 15) is 0 Å². The molecule has 2 atom stereocenters. The van der Waals surface area contributed by atoms with Crippen molar-refractivity contribution in [3.05, 3.63) is 11.9 Å². The van der Waals surface area contributed by atoms with Crippen LogP contribution in [-0.2, 0) is 6.54 Å². The van der Waals surface area contributed by atoms with Crippen molar-refractivity contribution in [1.82, 2.24) is 20.3 Å². The highest BCUT2D eigenvalue weighted by Gasteiger charge is 2.40. The van der Waals surface area contributed by atoms with Crippen molar-refractivity contribution in [2.75, 3.05) is 12.3 Å². The summed E-state index contributed by atoms with van der Waals surface area (Å²) in [4.78, 5) is 0. The fourth-order valence-corrected chi connectivity index (χ4v) is 4.10. The Morgan fingerprint density at radius 3 is 3.00 bits per heavy atom. The number of nitrogens with one attached hydrogen (secondary N) is 1. The van der Waals surface area contributed by atoms with Gasteiger partial charge in [-0.05, 0) is 45.4 Å². The maximum Gasteiger partial charge on any atom is 0.0770 e. The lowest BCUT2D eigenvalue weighted by Crippen LogP contribution is -2.39. The van der Waals surface area contributed by atoms with E-state index in [1.54, 1.807) is 0 Å². The first-order valence-corrected chi connectivity index (χ1v) is 7.95. The summed E-state index contributed by atoms with van der Waals surface area (Å²) in [5.74, 6) is 1.27. The van der Waals surface area contributed by atoms with Crippen LogP contribution in [0.2, 0.25) is 0 Å². The first kappa shape index (κ1) is 13.9. The van der Waals surface area contributed by atoms with Gasteiger partial charge in [0.15, 0.2) is 0 Å². The number of aromatic nitrogens is 3. The van der Waals surface area contributed by atoms with Crippen molar-refractivity contribution >= 4 is 11.8 Å². The van der Waals surface area contributed by atoms with Gasteiger partial charge in [-0.2, -0.15) is 11.8 Å². The summed E-state index contributed by atoms with van der Waals surface area (Å²) in [5.41, 5.74) is 1.24. The van der Waals surface area contributed by atoms with E-state index in [1.807, 2.05) is 10.9 Å². The van der Waals surface area contributed by atoms with Crippen LogP contribution in [0.15, 0.2) is 6.20 Å². The summed E-state index contributed by atoms with van der Waals surface area (Å²) in [5, 5.41) is 12.0. The zero-order valence-electron chi connectivity index (χ0n) is 11.6. The maximum absolute atomic E-state index is 4.18. The Hall–Kier alpha value is -0.550. The number of hydrogen-bond donors (Lipinski definition) is 1. The molecular formula is C13H24N4S. The van der Waals surface area contributed by atoms with Crippen molar-refractivity contribution in [3.8, 4) is 0 Å². The van der Waals surface area contributed by atoms with E-state index < -0.39 is 0 Å². The predicted molar refractivity (Wildman–Crippen MR) is 76.8 cm³/mol. The summed E-state index contributed by atoms with van der Waals surface area (Å²) in [7, 11) is 0. The molecule has 2 unspecified atom stereocenters. The summed E-state index contributed by atoms with van der Waals surface area (Å²) >= 11 is 2.09. The van der Waals surface area contributed by atoms with Gasteiger partial charge in [0.1, 0.15) is 0 Å². The summed E-state index contributed by atoms with van der Waals surface area (Å²) in [6.07, 6.45) is 5.68. The monoisotopic (exact) mass is 268 g/mol. The molecule has 4 nitrogen and oxygen atoms in total. The molecule has 1 aromatic rings. The lowest BCUT2D eigenvalue weighted by atomic mass is 9.93. The molecular weight excluding hydrogens is 244 g/mol. The van der Waals surface area contributed by atoms with E-state index in [0.717, 1.165) is 19.5 Å². The summed E-state index contributed by atoms with van der Waals surface area (Å²) in [6, 6.07) is 0.361. The second kappa shape index (κ2) is 6.06. The van der Waals surface area contributed by atoms with Gasteiger partial charge in [0.25, 0.3) is 0 Å². The molecule has 1 aromatic heterocycles. The van der Waals surface area contributed by atoms with Crippen LogP contribution in [0.3, 0.4) is 0 Å². The van der Waals surface area contributed by atoms with Gasteiger partial charge < -0.3 is 5.32 Å². The van der Waals surface area contributed by atoms with Gasteiger partial charge in [0, 0.05) is 11.3 Å². The summed E-state index contributed by atoms with van der Waals surface area (Å²) in [6.45, 7) is 8.66. The van der Waals surface area contributed by atoms with Crippen molar-refractivity contribution < 1.29 is 0 Å². The lowest BCUT2D eigenvalue weighted by Gasteiger charge is -2.34. The SMILES string of the molecule is CCCNC(c1cnnn1CC)C1(C)CCCS1. The minimum absolute atomic E-state index is 0.282. The number of hydrogen-bond acceptors (Lipinski definition) is 4. The molecule has 0 spiro atoms. The Morgan fingerprint density at radius 1 is 1.56 bits per heavy atom. The quantitative estimate of drug-likeness (QED) is 0.861. The first-order chi connectivity index (χ1) is 8.71. The molecule has 1 fully saturated rings. The van der Waals surface area contributed by atoms with E-state index in [2.05, 4.69) is 48.2 Å². The maximum atomic E-state index is 4.18. The lowest BCUT2D eigenvalue weighted by molar-refractivity contribution is 0.386. The van der Waals surface area contributed by atoms with Gasteiger partial charge in [-0.1, -0.05) is 12.1 Å². The second-order valence-electron chi connectivity index (χ2n) is 5.13. The summed E-state index contributed by atoms with van der Waals surface area (Å²) < 4.78 is 2.31. The number of aryl methyl sites for hydroxylation is 1. The molecule has 0 aromatic carbocycles. The van der Waals surface area contributed by atoms with Gasteiger partial charge >= 0.3 is 0 Å². The van der Waals surface area contributed by atoms with Crippen molar-refractivity contribution in [2.45, 2.75) is 57.4 Å². The Morgan fingerprint density at radius 2 is 2.39 bits per heavy atom. The fraction of sp³-hybridized carbons (Fsp3) is 0.846. The Kier molecular flexibility index (Phi) is 4.67. The minimum Gasteiger partial charge on any atom is -0.307 e. The average Bonchev–Trinajstić information content (AvgIpc) is 2.99. The number of rotatable bonds is 6. The molecule has 2 heterocycles. The molecule has 102 valence electrons. The first-order valence-electron chi connectivity index (χ1n) is 6.97. The Labute approximate surface area is 114 Å². The van der Waals surface area contributed by atoms with Crippen LogP contribution < -0.4 is 5.32 Å². The van der Waals surface area contributed by atoms with Gasteiger partial charge in [-0.15, -0.1) is 5.10 Å². The molecule has 0 radical (unpaired) electrons. The highest BCUT2D eigenvalue weighted by molar-refractivity contribution is 8.00. The standard InChI is InChI=1S/C13H24N4S/c1-4-8-14-12(13(3)7-6-9-18-13)11-10-15-16-17(11)5-2/h10,12,14H,4-9H2,1-3H3. The van der Waals surface area contributed by atoms with E-state index in [4.69, 9.17) is 0 Å². The van der Waals surface area contributed by atoms with Gasteiger partial charge in [0.2, 0.25) is 0 Å². The molecule has 1 saturated heterocycles. The molecule has 2 rings (SSSR count). The molecule has 0 aliphatic carbocycles. The van der Waals surface area contributed by atoms with E-state index >= 15 is 0 Å². The number of thioether (sulfide) groups is 1. The average molecular weight is 268 g/mol. The van der Waals surface area contributed by atoms with E-state index in [0.29, 0.717) is 6.04 Å². The molecule has 0 bridgehead atoms. The second-order valence-corrected chi connectivity index (χ2v) is 6.76. The third-order valence-corrected chi connectivity index (χ3v) is 5.29. The van der Waals surface area contributed by atoms with Crippen molar-refractivity contribution in [1.29, 1.82) is 0 Å². The minimum atomic E-state index is 0.282. The van der Waals surface area contributed by atoms with Crippen molar-refractivity contribution in [2.24, 2.45) is 0 Å². The van der Waals surface area contributed by atoms with E-state index in [-0.39, 0.29) is 4.75 Å². The number of nitrogens with zero attached hydrogens (tertiary/aromatic N) is 3. The normalized spacial score (nSPS) is 25.5. The predicted octanol–water partition coefficient (Wildman–Crippen LogP) is 2.62. The Bertz CT molecular complexity index is 371. The molecule has 5 heteroatoms. The zero-order chi connectivity index (χ0) is 13.0. The highest BCUT2D eigenvalue weighted by Crippen LogP contribution is 2.46. The molecule has 0 amide bonds. The zero-order valence-corrected chi connectivity index (χ0v) is 12.5. The molecule has 1 aliphatic heterocycles. The van der Waals surface area contributed by atoms with Crippen LogP contribution in [0, 0.1) is 0 Å². The molecule has 0 saturated carbocycles. The van der Waals surface area contributed by atoms with Crippen LogP contribution in [0.1, 0.15) is 51.8 Å². The third kappa shape index (κ3) is 2.72. The van der Waals surface area contributed by atoms with Gasteiger partial charge in [0.05, 0.1) is 17.9 Å². The third-order valence-electron chi connectivity index (χ3n) is 3.70. The fourth-order valence-electron chi connectivity index (χ4n) is 2.69. The topological polar surface area (TPSA) is 42.7 Å². The van der Waals surface area contributed by atoms with Crippen LogP contribution in [0.5, 0.6) is 0 Å². The van der Waals surface area contributed by atoms with Crippen LogP contribution in [-0.4, -0.2) is 32.0 Å². The molecule has 18 heavy (non-hydrogen) atoms. The van der Waals surface area contributed by atoms with Crippen LogP contribution in [0.4, 0.5) is 0 Å². The van der Waals surface area contributed by atoms with Crippen LogP contribution >= 0.6 is 11.8 Å².